The molecule has 2 N–H and O–H groups in total. The van der Waals surface area contributed by atoms with Gasteiger partial charge in [0, 0.05) is 43.8 Å². The summed E-state index contributed by atoms with van der Waals surface area (Å²) in [5, 5.41) is 20.4. The molecular formula is C23H24F2N2O5. The quantitative estimate of drug-likeness (QED) is 0.663. The van der Waals surface area contributed by atoms with Crippen LogP contribution in [0.25, 0.3) is 0 Å². The Labute approximate surface area is 182 Å². The molecule has 0 bridgehead atoms. The monoisotopic (exact) mass is 446 g/mol. The molecule has 1 aliphatic carbocycles. The van der Waals surface area contributed by atoms with Crippen molar-refractivity contribution in [2.45, 2.75) is 44.7 Å². The Hall–Kier alpha value is -3.07. The average molecular weight is 446 g/mol. The molecule has 2 heterocycles. The van der Waals surface area contributed by atoms with Crippen molar-refractivity contribution in [2.75, 3.05) is 13.2 Å². The topological polar surface area (TPSA) is 99.8 Å². The lowest BCUT2D eigenvalue weighted by Gasteiger charge is -2.39. The van der Waals surface area contributed by atoms with E-state index in [0.717, 1.165) is 12.1 Å². The number of ketones is 1. The van der Waals surface area contributed by atoms with Crippen molar-refractivity contribution in [1.29, 1.82) is 0 Å². The number of aryl methyl sites for hydroxylation is 1. The van der Waals surface area contributed by atoms with Crippen molar-refractivity contribution in [1.82, 2.24) is 9.47 Å². The number of hydrogen-bond donors (Lipinski definition) is 2. The van der Waals surface area contributed by atoms with Crippen molar-refractivity contribution >= 4 is 11.7 Å². The Morgan fingerprint density at radius 2 is 2.00 bits per heavy atom. The van der Waals surface area contributed by atoms with Crippen LogP contribution in [0.5, 0.6) is 5.75 Å². The van der Waals surface area contributed by atoms with Crippen molar-refractivity contribution in [2.24, 2.45) is 5.92 Å². The Morgan fingerprint density at radius 3 is 2.59 bits per heavy atom. The van der Waals surface area contributed by atoms with Gasteiger partial charge >= 0.3 is 0 Å². The van der Waals surface area contributed by atoms with E-state index in [4.69, 9.17) is 0 Å². The van der Waals surface area contributed by atoms with Crippen molar-refractivity contribution in [3.8, 4) is 5.75 Å². The van der Waals surface area contributed by atoms with Crippen molar-refractivity contribution < 1.29 is 28.6 Å². The number of carbonyl (C=O) groups is 2. The molecule has 1 spiro atoms. The second kappa shape index (κ2) is 7.81. The molecular weight excluding hydrogens is 422 g/mol. The summed E-state index contributed by atoms with van der Waals surface area (Å²) >= 11 is 0. The zero-order valence-electron chi connectivity index (χ0n) is 17.8. The van der Waals surface area contributed by atoms with E-state index in [1.54, 1.807) is 4.90 Å². The number of hydrogen-bond acceptors (Lipinski definition) is 5. The van der Waals surface area contributed by atoms with E-state index in [9.17, 15) is 33.4 Å². The van der Waals surface area contributed by atoms with Crippen LogP contribution in [0.15, 0.2) is 29.2 Å². The third-order valence-electron chi connectivity index (χ3n) is 6.55. The molecule has 1 aliphatic heterocycles. The van der Waals surface area contributed by atoms with E-state index in [1.807, 2.05) is 13.8 Å². The summed E-state index contributed by atoms with van der Waals surface area (Å²) in [6, 6.07) is 2.85. The second-order valence-corrected chi connectivity index (χ2v) is 8.81. The molecule has 2 aliphatic rings. The van der Waals surface area contributed by atoms with Crippen LogP contribution < -0.4 is 5.43 Å². The highest BCUT2D eigenvalue weighted by molar-refractivity contribution is 6.00. The predicted molar refractivity (Wildman–Crippen MR) is 111 cm³/mol. The molecule has 9 heteroatoms. The smallest absolute Gasteiger partial charge is 0.274 e. The molecule has 32 heavy (non-hydrogen) atoms. The lowest BCUT2D eigenvalue weighted by molar-refractivity contribution is 0.0551. The molecule has 1 fully saturated rings. The average Bonchev–Trinajstić information content (AvgIpc) is 3.45. The maximum atomic E-state index is 13.9. The number of carbonyl (C=O) groups excluding carboxylic acids is 2. The number of benzene rings is 1. The van der Waals surface area contributed by atoms with Gasteiger partial charge in [0.25, 0.3) is 5.91 Å². The summed E-state index contributed by atoms with van der Waals surface area (Å²) in [6.45, 7) is 3.79. The van der Waals surface area contributed by atoms with Gasteiger partial charge in [-0.05, 0) is 38.3 Å². The Morgan fingerprint density at radius 1 is 1.28 bits per heavy atom. The first kappa shape index (κ1) is 22.1. The number of aliphatic hydroxyl groups is 1. The molecule has 1 saturated carbocycles. The molecule has 1 aromatic heterocycles. The third kappa shape index (κ3) is 3.40. The second-order valence-electron chi connectivity index (χ2n) is 8.81. The maximum Gasteiger partial charge on any atom is 0.274 e. The van der Waals surface area contributed by atoms with E-state index in [0.29, 0.717) is 13.0 Å². The van der Waals surface area contributed by atoms with Crippen LogP contribution in [0.1, 0.15) is 53.1 Å². The number of nitrogens with zero attached hydrogens (tertiary/aromatic N) is 2. The fourth-order valence-electron chi connectivity index (χ4n) is 4.55. The van der Waals surface area contributed by atoms with Crippen LogP contribution in [0.3, 0.4) is 0 Å². The first-order valence-electron chi connectivity index (χ1n) is 10.5. The minimum absolute atomic E-state index is 0.0582. The molecule has 0 saturated heterocycles. The summed E-state index contributed by atoms with van der Waals surface area (Å²) in [6.07, 6.45) is 1.52. The number of Topliss-reactive ketones (excluding diaryl/α,β-unsaturated/α-hetero) is 1. The lowest BCUT2D eigenvalue weighted by atomic mass is 9.99. The van der Waals surface area contributed by atoms with E-state index in [1.165, 1.54) is 16.8 Å². The van der Waals surface area contributed by atoms with Crippen LogP contribution in [-0.4, -0.2) is 50.6 Å². The molecule has 4 rings (SSSR count). The van der Waals surface area contributed by atoms with Crippen LogP contribution in [0.4, 0.5) is 8.78 Å². The Balaban J connectivity index is 1.72. The summed E-state index contributed by atoms with van der Waals surface area (Å²) in [5.41, 5.74) is -2.03. The predicted octanol–water partition coefficient (Wildman–Crippen LogP) is 2.22. The number of fused-ring (bicyclic) bond motifs is 2. The fraction of sp³-hybridized carbons (Fsp3) is 0.435. The van der Waals surface area contributed by atoms with Crippen LogP contribution in [0, 0.1) is 17.6 Å². The highest BCUT2D eigenvalue weighted by Crippen LogP contribution is 2.54. The van der Waals surface area contributed by atoms with E-state index >= 15 is 0 Å². The maximum absolute atomic E-state index is 13.9. The molecule has 0 unspecified atom stereocenters. The minimum Gasteiger partial charge on any atom is -0.503 e. The highest BCUT2D eigenvalue weighted by atomic mass is 19.1. The van der Waals surface area contributed by atoms with Crippen molar-refractivity contribution in [3.63, 3.8) is 0 Å². The highest BCUT2D eigenvalue weighted by Gasteiger charge is 2.60. The van der Waals surface area contributed by atoms with Gasteiger partial charge in [-0.2, -0.15) is 0 Å². The summed E-state index contributed by atoms with van der Waals surface area (Å²) in [4.78, 5) is 40.1. The van der Waals surface area contributed by atoms with Gasteiger partial charge in [0.1, 0.15) is 11.6 Å². The summed E-state index contributed by atoms with van der Waals surface area (Å²) in [5.74, 6) is -3.65. The standard InChI is InChI=1S/C23H24F2N2O5/c1-12(2)26-11-23(8-14(23)10-28)27-9-16(20(30)21(31)19(27)22(26)32)18(29)6-4-13-3-5-15(24)7-17(13)25/h3,5,7,9,12,14,28,31H,4,6,8,10-11H2,1-2H3/t14-,23+/m1/s1. The lowest BCUT2D eigenvalue weighted by Crippen LogP contribution is -2.52. The first-order valence-corrected chi connectivity index (χ1v) is 10.5. The van der Waals surface area contributed by atoms with Crippen LogP contribution >= 0.6 is 0 Å². The van der Waals surface area contributed by atoms with Crippen LogP contribution in [0.2, 0.25) is 0 Å². The zero-order valence-corrected chi connectivity index (χ0v) is 17.8. The molecule has 0 radical (unpaired) electrons. The molecule has 170 valence electrons. The first-order chi connectivity index (χ1) is 15.1. The number of amides is 1. The van der Waals surface area contributed by atoms with E-state index in [-0.39, 0.29) is 48.2 Å². The largest absolute Gasteiger partial charge is 0.503 e. The number of halogens is 2. The molecule has 1 aromatic carbocycles. The number of aliphatic hydroxyl groups excluding tert-OH is 1. The summed E-state index contributed by atoms with van der Waals surface area (Å²) < 4.78 is 28.4. The number of pyridine rings is 1. The van der Waals surface area contributed by atoms with E-state index in [2.05, 4.69) is 0 Å². The normalized spacial score (nSPS) is 21.9. The third-order valence-corrected chi connectivity index (χ3v) is 6.55. The van der Waals surface area contributed by atoms with Gasteiger partial charge in [0.05, 0.1) is 11.1 Å². The molecule has 1 amide bonds. The van der Waals surface area contributed by atoms with Crippen LogP contribution in [-0.2, 0) is 12.0 Å². The molecule has 2 aromatic rings. The zero-order chi connectivity index (χ0) is 23.4. The van der Waals surface area contributed by atoms with Gasteiger partial charge in [0.15, 0.2) is 17.2 Å². The minimum atomic E-state index is -0.962. The molecule has 7 nitrogen and oxygen atoms in total. The van der Waals surface area contributed by atoms with Gasteiger partial charge < -0.3 is 19.7 Å². The Kier molecular flexibility index (Phi) is 5.40. The van der Waals surface area contributed by atoms with Gasteiger partial charge in [-0.15, -0.1) is 0 Å². The van der Waals surface area contributed by atoms with E-state index < -0.39 is 40.0 Å². The van der Waals surface area contributed by atoms with Gasteiger partial charge in [-0.3, -0.25) is 14.4 Å². The number of aromatic nitrogens is 1. The van der Waals surface area contributed by atoms with Gasteiger partial charge in [-0.25, -0.2) is 8.78 Å². The Bertz CT molecular complexity index is 1180. The SMILES string of the molecule is CC(C)N1C[C@]2(C[C@@H]2CO)n2cc(C(=O)CCc3ccc(F)cc3F)c(=O)c(O)c2C1=O. The van der Waals surface area contributed by atoms with Gasteiger partial charge in [-0.1, -0.05) is 6.07 Å². The van der Waals surface area contributed by atoms with Crippen molar-refractivity contribution in [3.05, 3.63) is 63.1 Å². The summed E-state index contributed by atoms with van der Waals surface area (Å²) in [7, 11) is 0. The van der Waals surface area contributed by atoms with Gasteiger partial charge in [0.2, 0.25) is 5.43 Å². The number of rotatable bonds is 6. The fourth-order valence-corrected chi connectivity index (χ4v) is 4.55. The number of aromatic hydroxyl groups is 1. The molecule has 2 atom stereocenters.